The third-order valence-corrected chi connectivity index (χ3v) is 5.42. The van der Waals surface area contributed by atoms with Gasteiger partial charge < -0.3 is 14.9 Å². The van der Waals surface area contributed by atoms with Crippen LogP contribution in [0.5, 0.6) is 0 Å². The highest BCUT2D eigenvalue weighted by Crippen LogP contribution is 2.27. The Morgan fingerprint density at radius 3 is 2.43 bits per heavy atom. The quantitative estimate of drug-likeness (QED) is 0.479. The Balaban J connectivity index is 0.00000198. The summed E-state index contributed by atoms with van der Waals surface area (Å²) in [6.45, 7) is 13.2. The number of carbonyl (C=O) groups is 1. The number of rotatable bonds is 8. The van der Waals surface area contributed by atoms with E-state index >= 15 is 0 Å². The molecule has 1 aromatic rings. The van der Waals surface area contributed by atoms with Crippen LogP contribution in [0.3, 0.4) is 0 Å². The summed E-state index contributed by atoms with van der Waals surface area (Å²) in [5.74, 6) is 0.597. The molecular formula is C25H41N3O2. The van der Waals surface area contributed by atoms with Gasteiger partial charge in [0.25, 0.3) is 0 Å². The summed E-state index contributed by atoms with van der Waals surface area (Å²) >= 11 is 0. The van der Waals surface area contributed by atoms with Crippen molar-refractivity contribution in [1.29, 1.82) is 5.26 Å². The molecule has 0 spiro atoms. The summed E-state index contributed by atoms with van der Waals surface area (Å²) in [4.78, 5) is 16.0. The number of anilines is 1. The van der Waals surface area contributed by atoms with E-state index in [0.717, 1.165) is 46.0 Å². The van der Waals surface area contributed by atoms with Gasteiger partial charge in [0.15, 0.2) is 0 Å². The topological polar surface area (TPSA) is 67.6 Å². The minimum Gasteiger partial charge on any atom is -0.400 e. The van der Waals surface area contributed by atoms with Crippen LogP contribution in [0.4, 0.5) is 5.69 Å². The highest BCUT2D eigenvalue weighted by atomic mass is 16.2. The molecule has 0 bridgehead atoms. The molecule has 0 radical (unpaired) electrons. The first kappa shape index (κ1) is 27.7. The number of nitriles is 1. The summed E-state index contributed by atoms with van der Waals surface area (Å²) in [6, 6.07) is 10.0. The predicted molar refractivity (Wildman–Crippen MR) is 126 cm³/mol. The van der Waals surface area contributed by atoms with Gasteiger partial charge in [0.2, 0.25) is 6.41 Å². The van der Waals surface area contributed by atoms with E-state index in [0.29, 0.717) is 11.5 Å². The van der Waals surface area contributed by atoms with Crippen molar-refractivity contribution in [3.8, 4) is 6.07 Å². The number of hydrogen-bond donors (Lipinski definition) is 1. The number of hydrogen-bond acceptors (Lipinski definition) is 4. The van der Waals surface area contributed by atoms with Crippen molar-refractivity contribution in [1.82, 2.24) is 4.90 Å². The van der Waals surface area contributed by atoms with Crippen LogP contribution in [0.15, 0.2) is 36.4 Å². The third kappa shape index (κ3) is 9.00. The van der Waals surface area contributed by atoms with Gasteiger partial charge in [-0.2, -0.15) is 5.26 Å². The number of piperidine rings is 1. The van der Waals surface area contributed by atoms with Crippen LogP contribution < -0.4 is 4.90 Å². The maximum atomic E-state index is 11.6. The average Bonchev–Trinajstić information content (AvgIpc) is 2.81. The van der Waals surface area contributed by atoms with E-state index in [2.05, 4.69) is 30.9 Å². The highest BCUT2D eigenvalue weighted by molar-refractivity contribution is 5.50. The fraction of sp³-hybridized carbons (Fsp3) is 0.600. The highest BCUT2D eigenvalue weighted by Gasteiger charge is 2.26. The molecule has 1 heterocycles. The van der Waals surface area contributed by atoms with Gasteiger partial charge in [0.05, 0.1) is 11.6 Å². The minimum absolute atomic E-state index is 0.143. The zero-order valence-corrected chi connectivity index (χ0v) is 19.8. The molecule has 1 amide bonds. The molecule has 168 valence electrons. The number of amides is 1. The molecule has 1 unspecified atom stereocenters. The number of aliphatic hydroxyl groups is 1. The molecule has 0 saturated carbocycles. The van der Waals surface area contributed by atoms with Gasteiger partial charge in [-0.05, 0) is 76.6 Å². The maximum absolute atomic E-state index is 11.6. The zero-order valence-electron chi connectivity index (χ0n) is 19.8. The summed E-state index contributed by atoms with van der Waals surface area (Å²) in [7, 11) is 1.00. The summed E-state index contributed by atoms with van der Waals surface area (Å²) < 4.78 is 0. The van der Waals surface area contributed by atoms with Gasteiger partial charge >= 0.3 is 0 Å². The predicted octanol–water partition coefficient (Wildman–Crippen LogP) is 5.00. The summed E-state index contributed by atoms with van der Waals surface area (Å²) in [6.07, 6.45) is 9.48. The lowest BCUT2D eigenvalue weighted by Crippen LogP contribution is -2.44. The Morgan fingerprint density at radius 2 is 1.90 bits per heavy atom. The smallest absolute Gasteiger partial charge is 0.210 e. The van der Waals surface area contributed by atoms with Crippen molar-refractivity contribution >= 4 is 12.1 Å². The lowest BCUT2D eigenvalue weighted by Gasteiger charge is -2.38. The molecule has 0 aliphatic carbocycles. The van der Waals surface area contributed by atoms with E-state index in [1.807, 2.05) is 56.0 Å². The molecule has 1 aromatic carbocycles. The van der Waals surface area contributed by atoms with Crippen molar-refractivity contribution in [2.75, 3.05) is 31.6 Å². The second-order valence-electron chi connectivity index (χ2n) is 7.79. The van der Waals surface area contributed by atoms with Crippen molar-refractivity contribution < 1.29 is 9.90 Å². The Morgan fingerprint density at radius 1 is 1.27 bits per heavy atom. The van der Waals surface area contributed by atoms with Gasteiger partial charge in [0.1, 0.15) is 0 Å². The molecule has 5 heteroatoms. The molecule has 1 N–H and O–H groups in total. The molecule has 1 aliphatic heterocycles. The van der Waals surface area contributed by atoms with E-state index in [1.165, 1.54) is 18.5 Å². The molecule has 0 aromatic heterocycles. The first-order chi connectivity index (χ1) is 14.5. The standard InChI is InChI=1S/C22H31N3O.C2H6.CH4O/c1-4-5-13-22(2,3)25(18-26)15-12-20-7-6-14-24(17-20)21-10-8-19(16-23)9-11-21;2*1-2/h4-5,8-11,18,20H,6-7,12-15,17H2,1-3H3;1-2H3;2H,1H3/b5-4-;;. The van der Waals surface area contributed by atoms with Crippen LogP contribution in [0.25, 0.3) is 0 Å². The van der Waals surface area contributed by atoms with Crippen molar-refractivity contribution in [3.63, 3.8) is 0 Å². The Hall–Kier alpha value is -2.32. The van der Waals surface area contributed by atoms with Crippen LogP contribution in [0.2, 0.25) is 0 Å². The maximum Gasteiger partial charge on any atom is 0.210 e. The van der Waals surface area contributed by atoms with Gasteiger partial charge in [-0.3, -0.25) is 4.79 Å². The number of aliphatic hydroxyl groups excluding tert-OH is 1. The van der Waals surface area contributed by atoms with Crippen LogP contribution >= 0.6 is 0 Å². The molecule has 1 aliphatic rings. The molecule has 1 fully saturated rings. The van der Waals surface area contributed by atoms with Gasteiger partial charge in [-0.15, -0.1) is 0 Å². The fourth-order valence-corrected chi connectivity index (χ4v) is 3.63. The number of benzene rings is 1. The van der Waals surface area contributed by atoms with E-state index in [1.54, 1.807) is 0 Å². The van der Waals surface area contributed by atoms with E-state index in [4.69, 9.17) is 10.4 Å². The zero-order chi connectivity index (χ0) is 23.0. The molecule has 30 heavy (non-hydrogen) atoms. The molecular weight excluding hydrogens is 374 g/mol. The van der Waals surface area contributed by atoms with Gasteiger partial charge in [-0.1, -0.05) is 26.0 Å². The van der Waals surface area contributed by atoms with E-state index < -0.39 is 0 Å². The third-order valence-electron chi connectivity index (χ3n) is 5.42. The van der Waals surface area contributed by atoms with Crippen molar-refractivity contribution in [2.45, 2.75) is 65.8 Å². The van der Waals surface area contributed by atoms with Crippen LogP contribution in [0.1, 0.15) is 65.9 Å². The molecule has 5 nitrogen and oxygen atoms in total. The monoisotopic (exact) mass is 415 g/mol. The Kier molecular flexibility index (Phi) is 14.3. The second-order valence-corrected chi connectivity index (χ2v) is 7.79. The first-order valence-corrected chi connectivity index (χ1v) is 11.0. The van der Waals surface area contributed by atoms with Crippen LogP contribution in [0, 0.1) is 17.2 Å². The molecule has 2 rings (SSSR count). The average molecular weight is 416 g/mol. The van der Waals surface area contributed by atoms with Gasteiger partial charge in [0, 0.05) is 38.0 Å². The fourth-order valence-electron chi connectivity index (χ4n) is 3.63. The molecule has 1 saturated heterocycles. The number of allylic oxidation sites excluding steroid dienone is 1. The van der Waals surface area contributed by atoms with E-state index in [-0.39, 0.29) is 5.54 Å². The Bertz CT molecular complexity index is 647. The lowest BCUT2D eigenvalue weighted by atomic mass is 9.92. The van der Waals surface area contributed by atoms with Gasteiger partial charge in [-0.25, -0.2) is 0 Å². The largest absolute Gasteiger partial charge is 0.400 e. The Labute approximate surface area is 184 Å². The van der Waals surface area contributed by atoms with Crippen molar-refractivity contribution in [2.24, 2.45) is 5.92 Å². The van der Waals surface area contributed by atoms with Crippen LogP contribution in [-0.2, 0) is 4.79 Å². The summed E-state index contributed by atoms with van der Waals surface area (Å²) in [5.41, 5.74) is 1.75. The first-order valence-electron chi connectivity index (χ1n) is 11.0. The SMILES string of the molecule is C/C=C\CC(C)(C)N(C=O)CCC1CCCN(c2ccc(C#N)cc2)C1.CC.CO. The molecule has 1 atom stereocenters. The minimum atomic E-state index is -0.143. The van der Waals surface area contributed by atoms with Crippen molar-refractivity contribution in [3.05, 3.63) is 42.0 Å². The number of nitrogens with zero attached hydrogens (tertiary/aromatic N) is 3. The van der Waals surface area contributed by atoms with E-state index in [9.17, 15) is 4.79 Å². The second kappa shape index (κ2) is 15.5. The normalized spacial score (nSPS) is 15.9. The van der Waals surface area contributed by atoms with Crippen LogP contribution in [-0.4, -0.2) is 48.7 Å². The lowest BCUT2D eigenvalue weighted by molar-refractivity contribution is -0.123. The number of carbonyl (C=O) groups excluding carboxylic acids is 1. The summed E-state index contributed by atoms with van der Waals surface area (Å²) in [5, 5.41) is 15.9.